The molecule has 3 rings (SSSR count). The minimum atomic E-state index is -0.149. The van der Waals surface area contributed by atoms with Crippen molar-refractivity contribution >= 4 is 0 Å². The molecule has 2 unspecified atom stereocenters. The highest BCUT2D eigenvalue weighted by atomic mass is 19.1. The highest BCUT2D eigenvalue weighted by molar-refractivity contribution is 5.16. The van der Waals surface area contributed by atoms with Crippen LogP contribution < -0.4 is 5.73 Å². The van der Waals surface area contributed by atoms with E-state index in [0.717, 1.165) is 19.5 Å². The molecule has 1 saturated heterocycles. The Kier molecular flexibility index (Phi) is 4.60. The topological polar surface area (TPSA) is 29.3 Å². The Bertz CT molecular complexity index is 455. The molecule has 0 aromatic heterocycles. The van der Waals surface area contributed by atoms with Crippen LogP contribution in [0.15, 0.2) is 24.3 Å². The number of hydrogen-bond acceptors (Lipinski definition) is 2. The molecule has 3 heteroatoms. The van der Waals surface area contributed by atoms with Gasteiger partial charge in [-0.2, -0.15) is 0 Å². The van der Waals surface area contributed by atoms with Crippen LogP contribution in [0.4, 0.5) is 4.39 Å². The zero-order valence-corrected chi connectivity index (χ0v) is 12.9. The summed E-state index contributed by atoms with van der Waals surface area (Å²) in [6, 6.07) is 7.32. The first-order valence-corrected chi connectivity index (χ1v) is 8.40. The summed E-state index contributed by atoms with van der Waals surface area (Å²) >= 11 is 0. The number of benzene rings is 1. The van der Waals surface area contributed by atoms with Crippen molar-refractivity contribution in [2.24, 2.45) is 11.1 Å². The van der Waals surface area contributed by atoms with E-state index in [1.807, 2.05) is 12.1 Å². The first-order valence-electron chi connectivity index (χ1n) is 8.40. The van der Waals surface area contributed by atoms with Crippen LogP contribution >= 0.6 is 0 Å². The average Bonchev–Trinajstić information content (AvgIpc) is 2.50. The van der Waals surface area contributed by atoms with Crippen LogP contribution in [0.3, 0.4) is 0 Å². The molecule has 1 aliphatic heterocycles. The number of likely N-dealkylation sites (tertiary alicyclic amines) is 1. The van der Waals surface area contributed by atoms with E-state index in [-0.39, 0.29) is 5.82 Å². The van der Waals surface area contributed by atoms with Crippen LogP contribution in [0.5, 0.6) is 0 Å². The van der Waals surface area contributed by atoms with Gasteiger partial charge in [-0.25, -0.2) is 4.39 Å². The Morgan fingerprint density at radius 2 is 1.90 bits per heavy atom. The van der Waals surface area contributed by atoms with Crippen molar-refractivity contribution in [2.45, 2.75) is 51.0 Å². The fraction of sp³-hybridized carbons (Fsp3) is 0.667. The minimum absolute atomic E-state index is 0.149. The van der Waals surface area contributed by atoms with Gasteiger partial charge in [-0.15, -0.1) is 0 Å². The molecule has 21 heavy (non-hydrogen) atoms. The SMILES string of the molecule is NC1CCCCC12CCCN(CCc1ccc(F)cc1)C2. The average molecular weight is 290 g/mol. The monoisotopic (exact) mass is 290 g/mol. The highest BCUT2D eigenvalue weighted by Crippen LogP contribution is 2.42. The zero-order valence-electron chi connectivity index (χ0n) is 12.9. The first-order chi connectivity index (χ1) is 10.2. The molecule has 2 atom stereocenters. The van der Waals surface area contributed by atoms with E-state index in [1.54, 1.807) is 12.1 Å². The highest BCUT2D eigenvalue weighted by Gasteiger charge is 2.41. The summed E-state index contributed by atoms with van der Waals surface area (Å²) in [4.78, 5) is 2.58. The van der Waals surface area contributed by atoms with Crippen LogP contribution in [0, 0.1) is 11.2 Å². The number of halogens is 1. The molecule has 1 aromatic rings. The molecular weight excluding hydrogens is 263 g/mol. The number of nitrogens with two attached hydrogens (primary N) is 1. The van der Waals surface area contributed by atoms with Gasteiger partial charge in [0.25, 0.3) is 0 Å². The summed E-state index contributed by atoms with van der Waals surface area (Å²) in [6.07, 6.45) is 8.74. The van der Waals surface area contributed by atoms with Gasteiger partial charge in [0.15, 0.2) is 0 Å². The molecule has 2 aliphatic rings. The Hall–Kier alpha value is -0.930. The summed E-state index contributed by atoms with van der Waals surface area (Å²) in [6.45, 7) is 3.42. The molecule has 0 bridgehead atoms. The Labute approximate surface area is 127 Å². The van der Waals surface area contributed by atoms with E-state index in [2.05, 4.69) is 4.90 Å². The zero-order chi connectivity index (χ0) is 14.7. The second kappa shape index (κ2) is 6.45. The molecule has 2 fully saturated rings. The number of rotatable bonds is 3. The summed E-state index contributed by atoms with van der Waals surface area (Å²) < 4.78 is 12.9. The Balaban J connectivity index is 1.57. The second-order valence-corrected chi connectivity index (χ2v) is 6.97. The van der Waals surface area contributed by atoms with Gasteiger partial charge in [-0.3, -0.25) is 0 Å². The predicted molar refractivity (Wildman–Crippen MR) is 84.7 cm³/mol. The van der Waals surface area contributed by atoms with Crippen molar-refractivity contribution in [3.63, 3.8) is 0 Å². The maximum absolute atomic E-state index is 12.9. The molecular formula is C18H27FN2. The summed E-state index contributed by atoms with van der Waals surface area (Å²) in [7, 11) is 0. The maximum Gasteiger partial charge on any atom is 0.123 e. The van der Waals surface area contributed by atoms with Crippen molar-refractivity contribution in [1.29, 1.82) is 0 Å². The predicted octanol–water partition coefficient (Wildman–Crippen LogP) is 3.35. The summed E-state index contributed by atoms with van der Waals surface area (Å²) in [5, 5.41) is 0. The molecule has 0 radical (unpaired) electrons. The molecule has 1 saturated carbocycles. The third-order valence-corrected chi connectivity index (χ3v) is 5.54. The van der Waals surface area contributed by atoms with E-state index in [1.165, 1.54) is 50.6 Å². The standard InChI is InChI=1S/C18H27FN2/c19-16-7-5-15(6-8-16)9-13-21-12-3-11-18(14-21)10-2-1-4-17(18)20/h5-8,17H,1-4,9-14,20H2. The van der Waals surface area contributed by atoms with Crippen molar-refractivity contribution in [2.75, 3.05) is 19.6 Å². The van der Waals surface area contributed by atoms with Crippen molar-refractivity contribution in [3.8, 4) is 0 Å². The number of piperidine rings is 1. The molecule has 1 spiro atoms. The summed E-state index contributed by atoms with van der Waals surface area (Å²) in [5.74, 6) is -0.149. The van der Waals surface area contributed by atoms with E-state index >= 15 is 0 Å². The van der Waals surface area contributed by atoms with Crippen LogP contribution in [0.2, 0.25) is 0 Å². The minimum Gasteiger partial charge on any atom is -0.327 e. The molecule has 116 valence electrons. The van der Waals surface area contributed by atoms with Crippen LogP contribution in [0.25, 0.3) is 0 Å². The van der Waals surface area contributed by atoms with E-state index < -0.39 is 0 Å². The number of hydrogen-bond donors (Lipinski definition) is 1. The lowest BCUT2D eigenvalue weighted by Crippen LogP contribution is -2.54. The fourth-order valence-electron chi connectivity index (χ4n) is 4.23. The Morgan fingerprint density at radius 3 is 2.67 bits per heavy atom. The van der Waals surface area contributed by atoms with Gasteiger partial charge in [0.1, 0.15) is 5.82 Å². The lowest BCUT2D eigenvalue weighted by molar-refractivity contribution is 0.0367. The van der Waals surface area contributed by atoms with Gasteiger partial charge >= 0.3 is 0 Å². The van der Waals surface area contributed by atoms with Crippen LogP contribution in [-0.4, -0.2) is 30.6 Å². The van der Waals surface area contributed by atoms with E-state index in [4.69, 9.17) is 5.73 Å². The molecule has 1 aromatic carbocycles. The van der Waals surface area contributed by atoms with Crippen LogP contribution in [0.1, 0.15) is 44.1 Å². The van der Waals surface area contributed by atoms with E-state index in [9.17, 15) is 4.39 Å². The number of nitrogens with zero attached hydrogens (tertiary/aromatic N) is 1. The quantitative estimate of drug-likeness (QED) is 0.925. The van der Waals surface area contributed by atoms with Gasteiger partial charge in [0.05, 0.1) is 0 Å². The molecule has 1 heterocycles. The van der Waals surface area contributed by atoms with Gasteiger partial charge < -0.3 is 10.6 Å². The van der Waals surface area contributed by atoms with Gasteiger partial charge in [-0.1, -0.05) is 25.0 Å². The van der Waals surface area contributed by atoms with Gasteiger partial charge in [0.2, 0.25) is 0 Å². The second-order valence-electron chi connectivity index (χ2n) is 6.97. The molecule has 2 nitrogen and oxygen atoms in total. The van der Waals surface area contributed by atoms with Crippen molar-refractivity contribution in [3.05, 3.63) is 35.6 Å². The van der Waals surface area contributed by atoms with Crippen molar-refractivity contribution < 1.29 is 4.39 Å². The van der Waals surface area contributed by atoms with Gasteiger partial charge in [-0.05, 0) is 61.8 Å². The molecule has 1 aliphatic carbocycles. The molecule has 2 N–H and O–H groups in total. The normalized spacial score (nSPS) is 30.7. The van der Waals surface area contributed by atoms with E-state index in [0.29, 0.717) is 11.5 Å². The Morgan fingerprint density at radius 1 is 1.14 bits per heavy atom. The summed E-state index contributed by atoms with van der Waals surface area (Å²) in [5.41, 5.74) is 8.06. The van der Waals surface area contributed by atoms with Gasteiger partial charge in [0, 0.05) is 19.1 Å². The molecule has 0 amide bonds. The first kappa shape index (κ1) is 15.0. The lowest BCUT2D eigenvalue weighted by Gasteiger charge is -2.49. The van der Waals surface area contributed by atoms with Crippen LogP contribution in [-0.2, 0) is 6.42 Å². The smallest absolute Gasteiger partial charge is 0.123 e. The third-order valence-electron chi connectivity index (χ3n) is 5.54. The largest absolute Gasteiger partial charge is 0.327 e. The lowest BCUT2D eigenvalue weighted by atomic mass is 9.66. The maximum atomic E-state index is 12.9. The third kappa shape index (κ3) is 3.46. The van der Waals surface area contributed by atoms with Crippen molar-refractivity contribution in [1.82, 2.24) is 4.90 Å². The fourth-order valence-corrected chi connectivity index (χ4v) is 4.23.